The Morgan fingerprint density at radius 1 is 0.927 bits per heavy atom. The van der Waals surface area contributed by atoms with Gasteiger partial charge in [0.25, 0.3) is 10.0 Å². The average molecular weight is 641 g/mol. The molecule has 12 heteroatoms. The SMILES string of the molecule is COc1ccc(S(=O)(=O)N(CC(=O)N(Cc2c(Cl)cccc2Cl)C(C)C(=O)NC(C)(C)C)c2ccc(Cl)cc2)cc1. The number of benzene rings is 3. The number of nitrogens with one attached hydrogen (secondary N) is 1. The number of sulfonamides is 1. The molecule has 41 heavy (non-hydrogen) atoms. The molecule has 3 aromatic rings. The van der Waals surface area contributed by atoms with Crippen LogP contribution in [0.5, 0.6) is 5.75 Å². The molecule has 1 unspecified atom stereocenters. The van der Waals surface area contributed by atoms with Crippen LogP contribution in [0.25, 0.3) is 0 Å². The Hall–Kier alpha value is -2.98. The van der Waals surface area contributed by atoms with Crippen molar-refractivity contribution in [3.05, 3.63) is 87.4 Å². The fraction of sp³-hybridized carbons (Fsp3) is 0.310. The molecule has 8 nitrogen and oxygen atoms in total. The van der Waals surface area contributed by atoms with Crippen molar-refractivity contribution in [2.45, 2.75) is 50.7 Å². The lowest BCUT2D eigenvalue weighted by atomic mass is 10.1. The number of hydrogen-bond donors (Lipinski definition) is 1. The lowest BCUT2D eigenvalue weighted by molar-refractivity contribution is -0.140. The van der Waals surface area contributed by atoms with Crippen molar-refractivity contribution in [3.63, 3.8) is 0 Å². The number of hydrogen-bond acceptors (Lipinski definition) is 5. The van der Waals surface area contributed by atoms with E-state index in [1.807, 2.05) is 20.8 Å². The third-order valence-electron chi connectivity index (χ3n) is 6.10. The molecule has 1 atom stereocenters. The van der Waals surface area contributed by atoms with E-state index in [9.17, 15) is 18.0 Å². The van der Waals surface area contributed by atoms with Crippen LogP contribution < -0.4 is 14.4 Å². The monoisotopic (exact) mass is 639 g/mol. The van der Waals surface area contributed by atoms with E-state index >= 15 is 0 Å². The van der Waals surface area contributed by atoms with Gasteiger partial charge in [0, 0.05) is 32.7 Å². The summed E-state index contributed by atoms with van der Waals surface area (Å²) in [5.74, 6) is -0.603. The Morgan fingerprint density at radius 3 is 2.00 bits per heavy atom. The molecule has 0 fully saturated rings. The van der Waals surface area contributed by atoms with Crippen molar-refractivity contribution < 1.29 is 22.7 Å². The molecule has 0 saturated heterocycles. The van der Waals surface area contributed by atoms with Gasteiger partial charge in [0.1, 0.15) is 18.3 Å². The van der Waals surface area contributed by atoms with E-state index in [0.29, 0.717) is 26.4 Å². The van der Waals surface area contributed by atoms with Crippen LogP contribution in [-0.4, -0.2) is 50.4 Å². The number of carbonyl (C=O) groups excluding carboxylic acids is 2. The molecule has 0 aliphatic rings. The second-order valence-corrected chi connectivity index (χ2v) is 13.4. The van der Waals surface area contributed by atoms with Crippen molar-refractivity contribution in [3.8, 4) is 5.75 Å². The van der Waals surface area contributed by atoms with Gasteiger partial charge in [-0.25, -0.2) is 8.42 Å². The summed E-state index contributed by atoms with van der Waals surface area (Å²) in [5.41, 5.74) is 0.0616. The number of anilines is 1. The summed E-state index contributed by atoms with van der Waals surface area (Å²) in [6.45, 7) is 6.27. The van der Waals surface area contributed by atoms with E-state index in [1.165, 1.54) is 60.5 Å². The zero-order valence-corrected chi connectivity index (χ0v) is 26.4. The molecule has 1 N–H and O–H groups in total. The fourth-order valence-electron chi connectivity index (χ4n) is 3.92. The fourth-order valence-corrected chi connectivity index (χ4v) is 5.98. The molecular formula is C29H32Cl3N3O5S. The molecule has 0 bridgehead atoms. The van der Waals surface area contributed by atoms with Crippen LogP contribution in [0.3, 0.4) is 0 Å². The minimum Gasteiger partial charge on any atom is -0.497 e. The third-order valence-corrected chi connectivity index (χ3v) is 8.84. The summed E-state index contributed by atoms with van der Waals surface area (Å²) in [4.78, 5) is 28.4. The van der Waals surface area contributed by atoms with E-state index in [2.05, 4.69) is 5.32 Å². The quantitative estimate of drug-likeness (QED) is 0.286. The predicted octanol–water partition coefficient (Wildman–Crippen LogP) is 6.18. The minimum absolute atomic E-state index is 0.0553. The van der Waals surface area contributed by atoms with Crippen molar-refractivity contribution in [1.82, 2.24) is 10.2 Å². The van der Waals surface area contributed by atoms with Gasteiger partial charge in [0.2, 0.25) is 11.8 Å². The largest absolute Gasteiger partial charge is 0.497 e. The lowest BCUT2D eigenvalue weighted by Gasteiger charge is -2.33. The van der Waals surface area contributed by atoms with Crippen LogP contribution in [0.4, 0.5) is 5.69 Å². The maximum atomic E-state index is 14.0. The number of amides is 2. The Bertz CT molecular complexity index is 1470. The highest BCUT2D eigenvalue weighted by Crippen LogP contribution is 2.29. The molecule has 0 spiro atoms. The topological polar surface area (TPSA) is 96.0 Å². The number of nitrogens with zero attached hydrogens (tertiary/aromatic N) is 2. The van der Waals surface area contributed by atoms with Gasteiger partial charge in [0.15, 0.2) is 0 Å². The number of rotatable bonds is 10. The Labute approximate surface area is 256 Å². The molecule has 2 amide bonds. The summed E-state index contributed by atoms with van der Waals surface area (Å²) in [6.07, 6.45) is 0. The third kappa shape index (κ3) is 8.29. The van der Waals surface area contributed by atoms with E-state index in [4.69, 9.17) is 39.5 Å². The Balaban J connectivity index is 2.07. The summed E-state index contributed by atoms with van der Waals surface area (Å²) in [6, 6.07) is 15.8. The van der Waals surface area contributed by atoms with Crippen LogP contribution in [0.2, 0.25) is 15.1 Å². The first-order chi connectivity index (χ1) is 19.1. The molecule has 220 valence electrons. The van der Waals surface area contributed by atoms with Gasteiger partial charge in [-0.1, -0.05) is 40.9 Å². The van der Waals surface area contributed by atoms with Gasteiger partial charge in [-0.2, -0.15) is 0 Å². The highest BCUT2D eigenvalue weighted by molar-refractivity contribution is 7.92. The van der Waals surface area contributed by atoms with Gasteiger partial charge in [-0.3, -0.25) is 13.9 Å². The van der Waals surface area contributed by atoms with Crippen LogP contribution in [0.1, 0.15) is 33.3 Å². The van der Waals surface area contributed by atoms with Gasteiger partial charge in [-0.05, 0) is 88.4 Å². The van der Waals surface area contributed by atoms with E-state index in [1.54, 1.807) is 25.1 Å². The standard InChI is InChI=1S/C29H32Cl3N3O5S/c1-19(28(37)33-29(2,3)4)34(17-24-25(31)7-6-8-26(24)32)27(36)18-35(21-11-9-20(30)10-12-21)41(38,39)23-15-13-22(40-5)14-16-23/h6-16,19H,17-18H2,1-5H3,(H,33,37). The molecule has 0 aromatic heterocycles. The summed E-state index contributed by atoms with van der Waals surface area (Å²) in [5, 5.41) is 3.87. The molecule has 0 aliphatic heterocycles. The van der Waals surface area contributed by atoms with E-state index < -0.39 is 40.0 Å². The number of methoxy groups -OCH3 is 1. The first-order valence-corrected chi connectivity index (χ1v) is 15.2. The van der Waals surface area contributed by atoms with Gasteiger partial charge in [0.05, 0.1) is 17.7 Å². The molecule has 0 heterocycles. The van der Waals surface area contributed by atoms with Crippen molar-refractivity contribution in [2.24, 2.45) is 0 Å². The lowest BCUT2D eigenvalue weighted by Crippen LogP contribution is -2.54. The first-order valence-electron chi connectivity index (χ1n) is 12.6. The Kier molecular flexibility index (Phi) is 10.6. The van der Waals surface area contributed by atoms with Crippen LogP contribution in [0.15, 0.2) is 71.6 Å². The maximum Gasteiger partial charge on any atom is 0.264 e. The van der Waals surface area contributed by atoms with Gasteiger partial charge in [-0.15, -0.1) is 0 Å². The Morgan fingerprint density at radius 2 is 1.49 bits per heavy atom. The second kappa shape index (κ2) is 13.3. The summed E-state index contributed by atoms with van der Waals surface area (Å²) >= 11 is 18.9. The highest BCUT2D eigenvalue weighted by Gasteiger charge is 2.34. The van der Waals surface area contributed by atoms with Crippen molar-refractivity contribution in [1.29, 1.82) is 0 Å². The van der Waals surface area contributed by atoms with E-state index in [0.717, 1.165) is 4.31 Å². The van der Waals surface area contributed by atoms with E-state index in [-0.39, 0.29) is 17.1 Å². The average Bonchev–Trinajstić information content (AvgIpc) is 2.90. The molecule has 0 aliphatic carbocycles. The summed E-state index contributed by atoms with van der Waals surface area (Å²) < 4.78 is 33.9. The molecule has 3 aromatic carbocycles. The summed E-state index contributed by atoms with van der Waals surface area (Å²) in [7, 11) is -2.78. The normalized spacial score (nSPS) is 12.4. The zero-order valence-electron chi connectivity index (χ0n) is 23.3. The van der Waals surface area contributed by atoms with Crippen molar-refractivity contribution in [2.75, 3.05) is 18.0 Å². The number of carbonyl (C=O) groups is 2. The number of ether oxygens (including phenoxy) is 1. The van der Waals surface area contributed by atoms with Crippen LogP contribution in [0, 0.1) is 0 Å². The maximum absolute atomic E-state index is 14.0. The zero-order chi connectivity index (χ0) is 30.5. The van der Waals surface area contributed by atoms with Crippen molar-refractivity contribution >= 4 is 62.3 Å². The van der Waals surface area contributed by atoms with Crippen LogP contribution in [-0.2, 0) is 26.2 Å². The second-order valence-electron chi connectivity index (χ2n) is 10.3. The predicted molar refractivity (Wildman–Crippen MR) is 163 cm³/mol. The first kappa shape index (κ1) is 32.5. The molecular weight excluding hydrogens is 609 g/mol. The molecule has 0 saturated carbocycles. The van der Waals surface area contributed by atoms with Crippen LogP contribution >= 0.6 is 34.8 Å². The number of halogens is 3. The molecule has 3 rings (SSSR count). The minimum atomic E-state index is -4.25. The van der Waals surface area contributed by atoms with Gasteiger partial charge >= 0.3 is 0 Å². The van der Waals surface area contributed by atoms with Gasteiger partial charge < -0.3 is 15.0 Å². The highest BCUT2D eigenvalue weighted by atomic mass is 35.5. The molecule has 0 radical (unpaired) electrons. The smallest absolute Gasteiger partial charge is 0.264 e.